The molecule has 0 atom stereocenters. The molecule has 2 aromatic rings. The maximum atomic E-state index is 12.1. The minimum absolute atomic E-state index is 0.0778. The van der Waals surface area contributed by atoms with Crippen LogP contribution in [0, 0.1) is 0 Å². The third-order valence-corrected chi connectivity index (χ3v) is 4.89. The van der Waals surface area contributed by atoms with Gasteiger partial charge in [0.1, 0.15) is 25.3 Å². The van der Waals surface area contributed by atoms with Gasteiger partial charge in [0, 0.05) is 39.7 Å². The van der Waals surface area contributed by atoms with Gasteiger partial charge in [0.05, 0.1) is 25.5 Å². The number of aromatic carboxylic acids is 1. The number of benzene rings is 3. The first-order valence-electron chi connectivity index (χ1n) is 13.6. The van der Waals surface area contributed by atoms with Crippen LogP contribution in [-0.2, 0) is 4.89 Å². The van der Waals surface area contributed by atoms with Crippen molar-refractivity contribution in [2.75, 3.05) is 25.8 Å². The highest BCUT2D eigenvalue weighted by atomic mass is 17.1. The maximum absolute atomic E-state index is 12.1. The van der Waals surface area contributed by atoms with Crippen molar-refractivity contribution in [3.63, 3.8) is 0 Å². The molecule has 1 aliphatic carbocycles. The third kappa shape index (κ3) is 3.57. The van der Waals surface area contributed by atoms with E-state index in [1.807, 2.05) is 0 Å². The summed E-state index contributed by atoms with van der Waals surface area (Å²) in [7, 11) is 0. The lowest BCUT2D eigenvalue weighted by molar-refractivity contribution is -0.174. The molecule has 0 radical (unpaired) electrons. The van der Waals surface area contributed by atoms with Crippen LogP contribution in [0.1, 0.15) is 22.7 Å². The van der Waals surface area contributed by atoms with Gasteiger partial charge in [-0.05, 0) is 29.8 Å². The van der Waals surface area contributed by atoms with Crippen LogP contribution >= 0.6 is 0 Å². The highest BCUT2D eigenvalue weighted by Crippen LogP contribution is 2.41. The highest BCUT2D eigenvalue weighted by molar-refractivity contribution is 6.08. The van der Waals surface area contributed by atoms with Crippen molar-refractivity contribution in [1.82, 2.24) is 4.58 Å². The summed E-state index contributed by atoms with van der Waals surface area (Å²) in [5, 5.41) is 18.7. The molecule has 0 unspecified atom stereocenters. The van der Waals surface area contributed by atoms with E-state index in [0.29, 0.717) is 0 Å². The summed E-state index contributed by atoms with van der Waals surface area (Å²) in [6.45, 7) is -9.25. The smallest absolute Gasteiger partial charge is 0.445 e. The number of amides is 1. The Labute approximate surface area is 195 Å². The van der Waals surface area contributed by atoms with Crippen LogP contribution in [0.4, 0.5) is 10.5 Å². The lowest BCUT2D eigenvalue weighted by Crippen LogP contribution is -2.25. The Balaban J connectivity index is 2.19. The molecule has 162 valence electrons. The first-order chi connectivity index (χ1) is 18.9. The number of fused-ring (bicyclic) bond motifs is 2. The van der Waals surface area contributed by atoms with Gasteiger partial charge in [0.15, 0.2) is 0 Å². The van der Waals surface area contributed by atoms with Gasteiger partial charge >= 0.3 is 12.1 Å². The Morgan fingerprint density at radius 2 is 1.88 bits per heavy atom. The van der Waals surface area contributed by atoms with E-state index >= 15 is 0 Å². The molecule has 4 rings (SSSR count). The summed E-state index contributed by atoms with van der Waals surface area (Å²) in [5.41, 5.74) is 0.306. The van der Waals surface area contributed by atoms with Crippen molar-refractivity contribution in [3.8, 4) is 22.5 Å². The molecule has 8 nitrogen and oxygen atoms in total. The van der Waals surface area contributed by atoms with Crippen LogP contribution < -0.4 is 14.8 Å². The molecule has 2 aliphatic rings. The summed E-state index contributed by atoms with van der Waals surface area (Å²) in [4.78, 5) is 28.0. The summed E-state index contributed by atoms with van der Waals surface area (Å²) in [5.74, 6) is -1.34. The molecular formula is C24H21N2O6+. The van der Waals surface area contributed by atoms with Gasteiger partial charge in [0.25, 0.3) is 0 Å². The normalized spacial score (nSPS) is 16.2. The SMILES string of the molecule is [2H]C([2H])([2H])N(C(=O)OO)c1ccc2c(-c3ccccc3C(=O)O)c3ccc(=[N+](C([2H])([2H])[2H])C([2H])([2H])[2H])cc-3oc2c1. The van der Waals surface area contributed by atoms with Crippen LogP contribution in [0.25, 0.3) is 33.4 Å². The fourth-order valence-electron chi connectivity index (χ4n) is 3.47. The molecule has 1 aliphatic heterocycles. The molecule has 8 heteroatoms. The minimum Gasteiger partial charge on any atom is -0.478 e. The molecule has 1 amide bonds. The van der Waals surface area contributed by atoms with Gasteiger partial charge in [-0.25, -0.2) is 14.2 Å². The van der Waals surface area contributed by atoms with Crippen LogP contribution in [0.2, 0.25) is 0 Å². The van der Waals surface area contributed by atoms with Gasteiger partial charge in [-0.15, -0.1) is 0 Å². The number of hydrogen-bond acceptors (Lipinski definition) is 5. The van der Waals surface area contributed by atoms with E-state index in [1.54, 1.807) is 6.07 Å². The van der Waals surface area contributed by atoms with Gasteiger partial charge < -0.3 is 9.52 Å². The minimum atomic E-state index is -3.10. The second-order valence-corrected chi connectivity index (χ2v) is 6.72. The number of carboxylic acid groups (broad SMARTS) is 1. The predicted molar refractivity (Wildman–Crippen MR) is 120 cm³/mol. The van der Waals surface area contributed by atoms with E-state index in [1.165, 1.54) is 42.5 Å². The second-order valence-electron chi connectivity index (χ2n) is 6.72. The van der Waals surface area contributed by atoms with Crippen molar-refractivity contribution < 1.29 is 41.6 Å². The molecule has 0 saturated heterocycles. The fourth-order valence-corrected chi connectivity index (χ4v) is 3.47. The van der Waals surface area contributed by atoms with E-state index < -0.39 is 33.0 Å². The van der Waals surface area contributed by atoms with Crippen molar-refractivity contribution in [2.45, 2.75) is 0 Å². The van der Waals surface area contributed by atoms with E-state index in [2.05, 4.69) is 4.89 Å². The number of carbonyl (C=O) groups is 2. The quantitative estimate of drug-likeness (QED) is 0.215. The molecule has 2 aromatic carbocycles. The Morgan fingerprint density at radius 1 is 1.06 bits per heavy atom. The summed E-state index contributed by atoms with van der Waals surface area (Å²) in [6, 6.07) is 13.5. The van der Waals surface area contributed by atoms with Crippen molar-refractivity contribution in [1.29, 1.82) is 0 Å². The molecule has 0 spiro atoms. The van der Waals surface area contributed by atoms with Gasteiger partial charge in [0.2, 0.25) is 5.36 Å². The van der Waals surface area contributed by atoms with E-state index in [0.717, 1.165) is 12.1 Å². The number of carboxylic acids is 1. The molecule has 0 saturated carbocycles. The average molecular weight is 442 g/mol. The van der Waals surface area contributed by atoms with Crippen LogP contribution in [0.5, 0.6) is 0 Å². The van der Waals surface area contributed by atoms with Gasteiger partial charge in [-0.2, -0.15) is 5.26 Å². The highest BCUT2D eigenvalue weighted by Gasteiger charge is 2.23. The molecular weight excluding hydrogens is 412 g/mol. The fraction of sp³-hybridized carbons (Fsp3) is 0.125. The zero-order valence-corrected chi connectivity index (χ0v) is 16.2. The summed E-state index contributed by atoms with van der Waals surface area (Å²) >= 11 is 0. The Kier molecular flexibility index (Phi) is 3.22. The van der Waals surface area contributed by atoms with Crippen molar-refractivity contribution >= 4 is 28.7 Å². The van der Waals surface area contributed by atoms with Crippen molar-refractivity contribution in [3.05, 3.63) is 71.6 Å². The molecule has 0 bridgehead atoms. The number of anilines is 1. The van der Waals surface area contributed by atoms with Gasteiger partial charge in [-0.1, -0.05) is 18.2 Å². The largest absolute Gasteiger partial charge is 0.478 e. The van der Waals surface area contributed by atoms with E-state index in [4.69, 9.17) is 22.0 Å². The Bertz CT molecular complexity index is 1690. The zero-order valence-electron chi connectivity index (χ0n) is 25.2. The molecule has 0 aromatic heterocycles. The topological polar surface area (TPSA) is 103 Å². The summed E-state index contributed by atoms with van der Waals surface area (Å²) < 4.78 is 75.7. The Hall–Kier alpha value is -4.17. The second kappa shape index (κ2) is 8.16. The van der Waals surface area contributed by atoms with E-state index in [9.17, 15) is 14.7 Å². The van der Waals surface area contributed by atoms with Crippen molar-refractivity contribution in [2.24, 2.45) is 0 Å². The monoisotopic (exact) mass is 442 g/mol. The standard InChI is InChI=1S/C24H20N2O6/c1-25(2)14-8-10-18-20(12-14)31-21-13-15(26(3)24(29)32-30)9-11-19(21)22(18)16-6-4-5-7-17(16)23(27)28/h4-13H,1-3H3,(H-,27,28,30)/p+1/i1D3,2D3,3D3. The molecule has 32 heavy (non-hydrogen) atoms. The molecule has 2 N–H and O–H groups in total. The van der Waals surface area contributed by atoms with Gasteiger partial charge in [-0.3, -0.25) is 9.79 Å². The lowest BCUT2D eigenvalue weighted by atomic mass is 9.90. The Morgan fingerprint density at radius 3 is 2.59 bits per heavy atom. The first-order valence-corrected chi connectivity index (χ1v) is 9.07. The average Bonchev–Trinajstić information content (AvgIpc) is 2.84. The van der Waals surface area contributed by atoms with Crippen LogP contribution in [0.3, 0.4) is 0 Å². The third-order valence-electron chi connectivity index (χ3n) is 4.89. The lowest BCUT2D eigenvalue weighted by Gasteiger charge is -2.19. The summed E-state index contributed by atoms with van der Waals surface area (Å²) in [6.07, 6.45) is -1.62. The molecule has 1 heterocycles. The first kappa shape index (κ1) is 12.6. The number of hydrogen-bond donors (Lipinski definition) is 2. The maximum Gasteiger partial charge on any atom is 0.445 e. The number of carbonyl (C=O) groups excluding carboxylic acids is 1. The molecule has 0 fully saturated rings. The van der Waals surface area contributed by atoms with Crippen LogP contribution in [-0.4, -0.2) is 43.4 Å². The number of rotatable bonds is 3. The predicted octanol–water partition coefficient (Wildman–Crippen LogP) is 3.98. The number of nitrogens with zero attached hydrogens (tertiary/aromatic N) is 2. The zero-order chi connectivity index (χ0) is 30.5. The van der Waals surface area contributed by atoms with Crippen LogP contribution in [0.15, 0.2) is 65.1 Å². The van der Waals surface area contributed by atoms with E-state index in [-0.39, 0.29) is 59.5 Å².